The highest BCUT2D eigenvalue weighted by Gasteiger charge is 2.16. The minimum absolute atomic E-state index is 0.247. The Morgan fingerprint density at radius 1 is 1.10 bits per heavy atom. The second-order valence-corrected chi connectivity index (χ2v) is 4.78. The van der Waals surface area contributed by atoms with Gasteiger partial charge in [0.05, 0.1) is 19.8 Å². The number of carboxylic acids is 1. The van der Waals surface area contributed by atoms with Crippen molar-refractivity contribution in [3.8, 4) is 11.5 Å². The van der Waals surface area contributed by atoms with E-state index in [1.807, 2.05) is 25.1 Å². The maximum atomic E-state index is 11.4. The average molecular weight is 286 g/mol. The quantitative estimate of drug-likeness (QED) is 0.916. The van der Waals surface area contributed by atoms with Crippen molar-refractivity contribution >= 4 is 5.97 Å². The summed E-state index contributed by atoms with van der Waals surface area (Å²) < 4.78 is 10.7. The number of carboxylic acid groups (broad SMARTS) is 1. The summed E-state index contributed by atoms with van der Waals surface area (Å²) >= 11 is 0. The van der Waals surface area contributed by atoms with Crippen molar-refractivity contribution in [3.63, 3.8) is 0 Å². The second-order valence-electron chi connectivity index (χ2n) is 4.78. The van der Waals surface area contributed by atoms with Gasteiger partial charge in [0.25, 0.3) is 0 Å². The fraction of sp³-hybridized carbons (Fsp3) is 0.235. The van der Waals surface area contributed by atoms with Crippen molar-refractivity contribution in [3.05, 3.63) is 58.7 Å². The molecule has 0 amide bonds. The standard InChI is InChI=1S/C17H18O4/c1-11-7-8-12(16(9-11)21-3)10-14-13(17(18)19)5-4-6-15(14)20-2/h4-9H,10H2,1-3H3,(H,18,19). The lowest BCUT2D eigenvalue weighted by Gasteiger charge is -2.14. The normalized spacial score (nSPS) is 10.2. The third kappa shape index (κ3) is 3.16. The lowest BCUT2D eigenvalue weighted by Crippen LogP contribution is -2.06. The number of aryl methyl sites for hydroxylation is 1. The second kappa shape index (κ2) is 6.31. The maximum absolute atomic E-state index is 11.4. The minimum atomic E-state index is -0.963. The first kappa shape index (κ1) is 14.9. The number of hydrogen-bond donors (Lipinski definition) is 1. The zero-order chi connectivity index (χ0) is 15.4. The Morgan fingerprint density at radius 3 is 2.43 bits per heavy atom. The molecule has 0 heterocycles. The molecule has 0 aromatic heterocycles. The molecule has 0 bridgehead atoms. The van der Waals surface area contributed by atoms with Crippen LogP contribution < -0.4 is 9.47 Å². The van der Waals surface area contributed by atoms with Crippen molar-refractivity contribution < 1.29 is 19.4 Å². The van der Waals surface area contributed by atoms with Crippen LogP contribution in [0.15, 0.2) is 36.4 Å². The maximum Gasteiger partial charge on any atom is 0.336 e. The Labute approximate surface area is 123 Å². The topological polar surface area (TPSA) is 55.8 Å². The molecular formula is C17H18O4. The molecule has 110 valence electrons. The predicted molar refractivity (Wildman–Crippen MR) is 80.5 cm³/mol. The molecule has 0 atom stereocenters. The third-order valence-electron chi connectivity index (χ3n) is 3.39. The molecule has 1 N–H and O–H groups in total. The van der Waals surface area contributed by atoms with Gasteiger partial charge in [-0.05, 0) is 36.2 Å². The molecular weight excluding hydrogens is 268 g/mol. The Balaban J connectivity index is 2.50. The molecule has 2 rings (SSSR count). The summed E-state index contributed by atoms with van der Waals surface area (Å²) in [5.74, 6) is 0.352. The van der Waals surface area contributed by atoms with Crippen molar-refractivity contribution in [1.29, 1.82) is 0 Å². The monoisotopic (exact) mass is 286 g/mol. The predicted octanol–water partition coefficient (Wildman–Crippen LogP) is 3.30. The zero-order valence-corrected chi connectivity index (χ0v) is 12.3. The number of benzene rings is 2. The van der Waals surface area contributed by atoms with E-state index in [1.165, 1.54) is 7.11 Å². The first-order valence-corrected chi connectivity index (χ1v) is 6.59. The molecule has 0 aliphatic heterocycles. The van der Waals surface area contributed by atoms with Crippen LogP contribution in [-0.4, -0.2) is 25.3 Å². The van der Waals surface area contributed by atoms with E-state index in [0.717, 1.165) is 16.9 Å². The summed E-state index contributed by atoms with van der Waals surface area (Å²) in [6.45, 7) is 1.98. The van der Waals surface area contributed by atoms with E-state index in [0.29, 0.717) is 17.7 Å². The summed E-state index contributed by atoms with van der Waals surface area (Å²) in [7, 11) is 3.15. The molecule has 0 radical (unpaired) electrons. The molecule has 0 unspecified atom stereocenters. The number of carbonyl (C=O) groups is 1. The van der Waals surface area contributed by atoms with Gasteiger partial charge >= 0.3 is 5.97 Å². The van der Waals surface area contributed by atoms with Gasteiger partial charge in [-0.15, -0.1) is 0 Å². The van der Waals surface area contributed by atoms with Gasteiger partial charge in [0.2, 0.25) is 0 Å². The first-order valence-electron chi connectivity index (χ1n) is 6.59. The van der Waals surface area contributed by atoms with Crippen LogP contribution in [0.2, 0.25) is 0 Å². The third-order valence-corrected chi connectivity index (χ3v) is 3.39. The summed E-state index contributed by atoms with van der Waals surface area (Å²) in [5.41, 5.74) is 2.91. The minimum Gasteiger partial charge on any atom is -0.496 e. The molecule has 21 heavy (non-hydrogen) atoms. The highest BCUT2D eigenvalue weighted by atomic mass is 16.5. The van der Waals surface area contributed by atoms with E-state index < -0.39 is 5.97 Å². The Hall–Kier alpha value is -2.49. The van der Waals surface area contributed by atoms with E-state index in [2.05, 4.69) is 0 Å². The Bertz CT molecular complexity index is 662. The SMILES string of the molecule is COc1cc(C)ccc1Cc1c(OC)cccc1C(=O)O. The van der Waals surface area contributed by atoms with Crippen LogP contribution in [0, 0.1) is 6.92 Å². The van der Waals surface area contributed by atoms with Crippen LogP contribution in [0.3, 0.4) is 0 Å². The van der Waals surface area contributed by atoms with Crippen molar-refractivity contribution in [2.45, 2.75) is 13.3 Å². The van der Waals surface area contributed by atoms with E-state index in [-0.39, 0.29) is 5.56 Å². The molecule has 2 aromatic carbocycles. The molecule has 0 saturated carbocycles. The van der Waals surface area contributed by atoms with Gasteiger partial charge in [-0.25, -0.2) is 4.79 Å². The molecule has 2 aromatic rings. The molecule has 0 spiro atoms. The van der Waals surface area contributed by atoms with Crippen molar-refractivity contribution in [2.75, 3.05) is 14.2 Å². The van der Waals surface area contributed by atoms with E-state index in [4.69, 9.17) is 9.47 Å². The molecule has 0 saturated heterocycles. The Morgan fingerprint density at radius 2 is 1.81 bits per heavy atom. The molecule has 4 nitrogen and oxygen atoms in total. The fourth-order valence-electron chi connectivity index (χ4n) is 2.33. The molecule has 0 fully saturated rings. The van der Waals surface area contributed by atoms with Crippen LogP contribution in [0.1, 0.15) is 27.0 Å². The number of rotatable bonds is 5. The smallest absolute Gasteiger partial charge is 0.336 e. The Kier molecular flexibility index (Phi) is 4.48. The molecule has 4 heteroatoms. The van der Waals surface area contributed by atoms with Crippen molar-refractivity contribution in [1.82, 2.24) is 0 Å². The van der Waals surface area contributed by atoms with Gasteiger partial charge in [-0.1, -0.05) is 18.2 Å². The number of hydrogen-bond acceptors (Lipinski definition) is 3. The summed E-state index contributed by atoms with van der Waals surface area (Å²) in [4.78, 5) is 11.4. The zero-order valence-electron chi connectivity index (χ0n) is 12.3. The van der Waals surface area contributed by atoms with Gasteiger partial charge in [-0.3, -0.25) is 0 Å². The van der Waals surface area contributed by atoms with Gasteiger partial charge in [-0.2, -0.15) is 0 Å². The van der Waals surface area contributed by atoms with Gasteiger partial charge in [0.15, 0.2) is 0 Å². The number of methoxy groups -OCH3 is 2. The van der Waals surface area contributed by atoms with Gasteiger partial charge in [0.1, 0.15) is 11.5 Å². The van der Waals surface area contributed by atoms with Crippen LogP contribution in [0.25, 0.3) is 0 Å². The molecule has 0 aliphatic rings. The average Bonchev–Trinajstić information content (AvgIpc) is 2.48. The summed E-state index contributed by atoms with van der Waals surface area (Å²) in [5, 5.41) is 9.35. The van der Waals surface area contributed by atoms with Crippen LogP contribution in [-0.2, 0) is 6.42 Å². The first-order chi connectivity index (χ1) is 10.1. The van der Waals surface area contributed by atoms with Gasteiger partial charge < -0.3 is 14.6 Å². The van der Waals surface area contributed by atoms with Crippen LogP contribution in [0.5, 0.6) is 11.5 Å². The van der Waals surface area contributed by atoms with Gasteiger partial charge in [0, 0.05) is 12.0 Å². The highest BCUT2D eigenvalue weighted by Crippen LogP contribution is 2.29. The van der Waals surface area contributed by atoms with Crippen molar-refractivity contribution in [2.24, 2.45) is 0 Å². The number of ether oxygens (including phenoxy) is 2. The van der Waals surface area contributed by atoms with Crippen LogP contribution in [0.4, 0.5) is 0 Å². The highest BCUT2D eigenvalue weighted by molar-refractivity contribution is 5.90. The fourth-order valence-corrected chi connectivity index (χ4v) is 2.33. The van der Waals surface area contributed by atoms with E-state index in [1.54, 1.807) is 25.3 Å². The van der Waals surface area contributed by atoms with E-state index >= 15 is 0 Å². The lowest BCUT2D eigenvalue weighted by molar-refractivity contribution is 0.0695. The van der Waals surface area contributed by atoms with Crippen LogP contribution >= 0.6 is 0 Å². The lowest BCUT2D eigenvalue weighted by atomic mass is 9.97. The molecule has 0 aliphatic carbocycles. The summed E-state index contributed by atoms with van der Waals surface area (Å²) in [6, 6.07) is 10.9. The number of aromatic carboxylic acids is 1. The van der Waals surface area contributed by atoms with E-state index in [9.17, 15) is 9.90 Å². The summed E-state index contributed by atoms with van der Waals surface area (Å²) in [6.07, 6.45) is 0.440. The largest absolute Gasteiger partial charge is 0.496 e.